The van der Waals surface area contributed by atoms with Crippen LogP contribution in [0.25, 0.3) is 10.9 Å². The van der Waals surface area contributed by atoms with Crippen LogP contribution in [0.1, 0.15) is 129 Å². The molecule has 4 heterocycles. The SMILES string of the molecule is C=C[C@@H]1C[C@]1(CC(=O)[C@@H]1C[C@@H]2CN1C(=O)[C@H](C1CCCCC1)CC(=O)O[C@@H]1C[C@H]1CCCCCc1c(nc3ccccc3c1OCCN1CCOC(C)(C)C1)O2)C(=O)NS(=O)(=O)C1(C)CC1. The second-order valence-electron chi connectivity index (χ2n) is 21.5. The fourth-order valence-electron chi connectivity index (χ4n) is 11.4. The number of carbonyl (C=O) groups is 4. The van der Waals surface area contributed by atoms with Crippen molar-refractivity contribution in [3.8, 4) is 11.6 Å². The predicted molar refractivity (Wildman–Crippen MR) is 248 cm³/mol. The average Bonchev–Trinajstić information content (AvgIpc) is 4.25. The number of ether oxygens (including phenoxy) is 4. The minimum atomic E-state index is -3.97. The number of carbonyl (C=O) groups excluding carboxylic acids is 4. The second kappa shape index (κ2) is 18.8. The van der Waals surface area contributed by atoms with Crippen molar-refractivity contribution < 1.29 is 46.5 Å². The third-order valence-corrected chi connectivity index (χ3v) is 18.2. The fraction of sp³-hybridized carbons (Fsp3) is 0.706. The van der Waals surface area contributed by atoms with Crippen LogP contribution < -0.4 is 14.2 Å². The summed E-state index contributed by atoms with van der Waals surface area (Å²) in [5.41, 5.74) is 0.0220. The number of hydrogen-bond donors (Lipinski definition) is 1. The van der Waals surface area contributed by atoms with Gasteiger partial charge in [0.05, 0.1) is 58.4 Å². The highest BCUT2D eigenvalue weighted by Gasteiger charge is 2.62. The van der Waals surface area contributed by atoms with E-state index in [4.69, 9.17) is 23.9 Å². The Labute approximate surface area is 390 Å². The van der Waals surface area contributed by atoms with E-state index in [-0.39, 0.29) is 67.5 Å². The molecule has 1 aromatic heterocycles. The van der Waals surface area contributed by atoms with Gasteiger partial charge in [0.2, 0.25) is 27.7 Å². The van der Waals surface area contributed by atoms with Crippen LogP contribution in [0.5, 0.6) is 11.6 Å². The highest BCUT2D eigenvalue weighted by atomic mass is 32.2. The smallest absolute Gasteiger partial charge is 0.306 e. The van der Waals surface area contributed by atoms with E-state index in [0.29, 0.717) is 49.8 Å². The van der Waals surface area contributed by atoms with Crippen LogP contribution >= 0.6 is 0 Å². The van der Waals surface area contributed by atoms with Gasteiger partial charge >= 0.3 is 5.97 Å². The van der Waals surface area contributed by atoms with Crippen molar-refractivity contribution in [3.05, 3.63) is 42.5 Å². The van der Waals surface area contributed by atoms with Crippen LogP contribution in [0.2, 0.25) is 0 Å². The lowest BCUT2D eigenvalue weighted by Gasteiger charge is -2.38. The first kappa shape index (κ1) is 47.0. The van der Waals surface area contributed by atoms with E-state index in [1.54, 1.807) is 17.9 Å². The molecule has 2 amide bonds. The Morgan fingerprint density at radius 3 is 2.45 bits per heavy atom. The number of Topliss-reactive ketones (excluding diaryl/α,β-unsaturated/α-hetero) is 1. The molecule has 360 valence electrons. The molecule has 2 bridgehead atoms. The van der Waals surface area contributed by atoms with E-state index < -0.39 is 50.1 Å². The van der Waals surface area contributed by atoms with Crippen molar-refractivity contribution in [2.75, 3.05) is 39.4 Å². The molecule has 7 atom stereocenters. The molecule has 0 spiro atoms. The summed E-state index contributed by atoms with van der Waals surface area (Å²) in [6.45, 7) is 13.3. The lowest BCUT2D eigenvalue weighted by atomic mass is 9.77. The third-order valence-electron chi connectivity index (χ3n) is 16.0. The zero-order valence-corrected chi connectivity index (χ0v) is 40.0. The molecule has 0 radical (unpaired) electrons. The minimum absolute atomic E-state index is 0.0493. The Morgan fingerprint density at radius 2 is 1.73 bits per heavy atom. The maximum atomic E-state index is 15.2. The quantitative estimate of drug-likeness (QED) is 0.174. The first-order chi connectivity index (χ1) is 31.6. The van der Waals surface area contributed by atoms with Gasteiger partial charge in [-0.15, -0.1) is 6.58 Å². The molecular formula is C51H70N4O10S. The highest BCUT2D eigenvalue weighted by Crippen LogP contribution is 2.57. The van der Waals surface area contributed by atoms with Gasteiger partial charge in [0.15, 0.2) is 5.78 Å². The van der Waals surface area contributed by atoms with Crippen LogP contribution in [0, 0.1) is 29.1 Å². The number of pyridine rings is 1. The maximum Gasteiger partial charge on any atom is 0.306 e. The molecule has 66 heavy (non-hydrogen) atoms. The summed E-state index contributed by atoms with van der Waals surface area (Å²) in [7, 11) is -3.97. The number of ketones is 1. The van der Waals surface area contributed by atoms with E-state index in [1.165, 1.54) is 0 Å². The van der Waals surface area contributed by atoms with Gasteiger partial charge in [0.25, 0.3) is 0 Å². The Morgan fingerprint density at radius 1 is 0.985 bits per heavy atom. The van der Waals surface area contributed by atoms with Crippen molar-refractivity contribution in [2.45, 2.75) is 159 Å². The maximum absolute atomic E-state index is 15.2. The number of allylic oxidation sites excluding steroid dienone is 1. The Hall–Kier alpha value is -4.08. The summed E-state index contributed by atoms with van der Waals surface area (Å²) in [5, 5.41) is 0.890. The van der Waals surface area contributed by atoms with Crippen LogP contribution in [0.3, 0.4) is 0 Å². The summed E-state index contributed by atoms with van der Waals surface area (Å²) < 4.78 is 53.7. The van der Waals surface area contributed by atoms with Gasteiger partial charge in [0, 0.05) is 37.9 Å². The molecule has 4 saturated carbocycles. The van der Waals surface area contributed by atoms with E-state index in [0.717, 1.165) is 101 Å². The highest BCUT2D eigenvalue weighted by molar-refractivity contribution is 7.91. The van der Waals surface area contributed by atoms with Crippen LogP contribution in [-0.4, -0.2) is 115 Å². The third kappa shape index (κ3) is 10.0. The molecule has 7 aliphatic rings. The summed E-state index contributed by atoms with van der Waals surface area (Å²) in [5.74, 6) is -1.38. The summed E-state index contributed by atoms with van der Waals surface area (Å²) in [6, 6.07) is 6.91. The topological polar surface area (TPSA) is 171 Å². The zero-order chi connectivity index (χ0) is 46.4. The molecule has 1 aromatic carbocycles. The van der Waals surface area contributed by atoms with E-state index in [2.05, 4.69) is 30.0 Å². The number of para-hydroxylation sites is 1. The van der Waals surface area contributed by atoms with Gasteiger partial charge < -0.3 is 23.8 Å². The molecular weight excluding hydrogens is 861 g/mol. The van der Waals surface area contributed by atoms with Crippen LogP contribution in [-0.2, 0) is 45.1 Å². The van der Waals surface area contributed by atoms with E-state index in [1.807, 2.05) is 24.3 Å². The number of morpholine rings is 1. The summed E-state index contributed by atoms with van der Waals surface area (Å²) >= 11 is 0. The zero-order valence-electron chi connectivity index (χ0n) is 39.2. The van der Waals surface area contributed by atoms with Crippen molar-refractivity contribution in [2.24, 2.45) is 29.1 Å². The van der Waals surface area contributed by atoms with Crippen molar-refractivity contribution >= 4 is 44.5 Å². The van der Waals surface area contributed by atoms with Crippen LogP contribution in [0.4, 0.5) is 0 Å². The Balaban J connectivity index is 1.04. The lowest BCUT2D eigenvalue weighted by Crippen LogP contribution is -2.49. The predicted octanol–water partition coefficient (Wildman–Crippen LogP) is 6.86. The average molecular weight is 931 g/mol. The summed E-state index contributed by atoms with van der Waals surface area (Å²) in [6.07, 6.45) is 11.6. The fourth-order valence-corrected chi connectivity index (χ4v) is 12.7. The molecule has 3 aliphatic heterocycles. The van der Waals surface area contributed by atoms with Gasteiger partial charge in [-0.25, -0.2) is 13.4 Å². The minimum Gasteiger partial charge on any atom is -0.491 e. The monoisotopic (exact) mass is 930 g/mol. The largest absolute Gasteiger partial charge is 0.491 e. The van der Waals surface area contributed by atoms with Gasteiger partial charge in [-0.05, 0) is 108 Å². The molecule has 4 aliphatic carbocycles. The molecule has 14 nitrogen and oxygen atoms in total. The van der Waals surface area contributed by atoms with Crippen molar-refractivity contribution in [3.63, 3.8) is 0 Å². The standard InChI is InChI=1S/C51H70N4O10S/c1-5-35-29-51(35,48(59)53-66(60,61)50(4)20-21-50)30-42(56)41-27-36-31-55(41)47(58)39(33-14-8-6-9-15-33)28-44(57)65-43-26-34(43)16-10-7-11-18-38-45(37-17-12-13-19-40(37)52-46(38)64-36)62-24-22-54-23-25-63-49(2,3)32-54/h5,12-13,17,19,33-36,39,41,43H,1,6-11,14-16,18,20-32H2,2-4H3,(H,53,59)/t34-,35-,36-,39+,41+,43-,51-/m1/s1. The Kier molecular flexibility index (Phi) is 13.4. The lowest BCUT2D eigenvalue weighted by molar-refractivity contribution is -0.153. The number of benzene rings is 1. The molecule has 6 fully saturated rings. The van der Waals surface area contributed by atoms with E-state index >= 15 is 4.79 Å². The molecule has 9 rings (SSSR count). The van der Waals surface area contributed by atoms with Crippen LogP contribution in [0.15, 0.2) is 36.9 Å². The number of sulfonamides is 1. The van der Waals surface area contributed by atoms with Gasteiger partial charge in [-0.1, -0.05) is 50.3 Å². The first-order valence-electron chi connectivity index (χ1n) is 24.9. The number of rotatable bonds is 12. The van der Waals surface area contributed by atoms with Crippen molar-refractivity contribution in [1.29, 1.82) is 0 Å². The molecule has 0 unspecified atom stereocenters. The number of hydrogen-bond acceptors (Lipinski definition) is 12. The number of aromatic nitrogens is 1. The molecule has 1 N–H and O–H groups in total. The molecule has 2 saturated heterocycles. The summed E-state index contributed by atoms with van der Waals surface area (Å²) in [4.78, 5) is 67.0. The number of fused-ring (bicyclic) bond motifs is 5. The van der Waals surface area contributed by atoms with Gasteiger partial charge in [-0.3, -0.25) is 28.8 Å². The number of amides is 2. The second-order valence-corrected chi connectivity index (χ2v) is 23.7. The van der Waals surface area contributed by atoms with Crippen molar-refractivity contribution in [1.82, 2.24) is 19.5 Å². The van der Waals surface area contributed by atoms with Gasteiger partial charge in [0.1, 0.15) is 24.6 Å². The van der Waals surface area contributed by atoms with Gasteiger partial charge in [-0.2, -0.15) is 0 Å². The number of nitrogens with one attached hydrogen (secondary N) is 1. The number of nitrogens with zero attached hydrogens (tertiary/aromatic N) is 3. The van der Waals surface area contributed by atoms with E-state index in [9.17, 15) is 22.8 Å². The normalized spacial score (nSPS) is 31.5. The Bertz CT molecular complexity index is 2310. The first-order valence-corrected chi connectivity index (χ1v) is 26.4. The molecule has 15 heteroatoms. The number of esters is 1. The molecule has 2 aromatic rings.